The van der Waals surface area contributed by atoms with Crippen molar-refractivity contribution in [2.24, 2.45) is 0 Å². The molecule has 0 radical (unpaired) electrons. The molecule has 0 saturated heterocycles. The second kappa shape index (κ2) is 6.95. The van der Waals surface area contributed by atoms with Gasteiger partial charge >= 0.3 is 0 Å². The van der Waals surface area contributed by atoms with Crippen LogP contribution in [0.5, 0.6) is 0 Å². The zero-order chi connectivity index (χ0) is 15.2. The van der Waals surface area contributed by atoms with Crippen molar-refractivity contribution in [1.82, 2.24) is 5.32 Å². The third kappa shape index (κ3) is 4.36. The lowest BCUT2D eigenvalue weighted by atomic mass is 10.2. The number of carbonyl (C=O) groups excluding carboxylic acids is 1. The second-order valence-electron chi connectivity index (χ2n) is 4.69. The largest absolute Gasteiger partial charge is 0.325 e. The van der Waals surface area contributed by atoms with Crippen LogP contribution in [0.3, 0.4) is 0 Å². The summed E-state index contributed by atoms with van der Waals surface area (Å²) in [6.45, 7) is 1.83. The van der Waals surface area contributed by atoms with Crippen LogP contribution >= 0.6 is 0 Å². The van der Waals surface area contributed by atoms with E-state index in [-0.39, 0.29) is 12.5 Å². The summed E-state index contributed by atoms with van der Waals surface area (Å²) in [5.41, 5.74) is 1.01. The average molecular weight is 290 g/mol. The third-order valence-electron chi connectivity index (χ3n) is 3.05. The van der Waals surface area contributed by atoms with Crippen molar-refractivity contribution in [3.05, 3.63) is 65.7 Å². The molecule has 2 aromatic carbocycles. The minimum Gasteiger partial charge on any atom is -0.325 e. The van der Waals surface area contributed by atoms with Crippen LogP contribution in [-0.4, -0.2) is 11.9 Å². The highest BCUT2D eigenvalue weighted by Gasteiger charge is 2.13. The molecule has 3 nitrogen and oxygen atoms in total. The molecule has 21 heavy (non-hydrogen) atoms. The summed E-state index contributed by atoms with van der Waals surface area (Å²) in [4.78, 5) is 11.9. The molecule has 0 heterocycles. The van der Waals surface area contributed by atoms with Crippen LogP contribution in [-0.2, 0) is 11.3 Å². The molecule has 2 rings (SSSR count). The molecule has 5 heteroatoms. The predicted octanol–water partition coefficient (Wildman–Crippen LogP) is 3.08. The van der Waals surface area contributed by atoms with E-state index in [1.807, 2.05) is 18.2 Å². The minimum atomic E-state index is -0.627. The molecule has 1 unspecified atom stereocenters. The topological polar surface area (TPSA) is 41.1 Å². The van der Waals surface area contributed by atoms with Crippen LogP contribution in [0.2, 0.25) is 0 Å². The van der Waals surface area contributed by atoms with Gasteiger partial charge in [0.05, 0.1) is 6.04 Å². The van der Waals surface area contributed by atoms with E-state index >= 15 is 0 Å². The van der Waals surface area contributed by atoms with E-state index in [1.54, 1.807) is 19.1 Å². The van der Waals surface area contributed by atoms with Crippen LogP contribution < -0.4 is 10.6 Å². The van der Waals surface area contributed by atoms with Crippen molar-refractivity contribution in [2.75, 3.05) is 5.32 Å². The quantitative estimate of drug-likeness (QED) is 0.888. The van der Waals surface area contributed by atoms with Crippen LogP contribution in [0.4, 0.5) is 14.5 Å². The summed E-state index contributed by atoms with van der Waals surface area (Å²) in [5.74, 6) is -1.46. The molecular formula is C16H16F2N2O. The number of rotatable bonds is 5. The Morgan fingerprint density at radius 1 is 1.14 bits per heavy atom. The molecule has 0 saturated carbocycles. The first kappa shape index (κ1) is 15.1. The van der Waals surface area contributed by atoms with Crippen molar-refractivity contribution >= 4 is 11.6 Å². The molecule has 0 aliphatic rings. The predicted molar refractivity (Wildman–Crippen MR) is 77.7 cm³/mol. The second-order valence-corrected chi connectivity index (χ2v) is 4.69. The van der Waals surface area contributed by atoms with E-state index in [0.29, 0.717) is 11.3 Å². The lowest BCUT2D eigenvalue weighted by Crippen LogP contribution is -2.37. The van der Waals surface area contributed by atoms with Gasteiger partial charge in [0.2, 0.25) is 5.91 Å². The first-order chi connectivity index (χ1) is 10.1. The summed E-state index contributed by atoms with van der Waals surface area (Å²) < 4.78 is 26.3. The molecule has 0 aliphatic carbocycles. The zero-order valence-corrected chi connectivity index (χ0v) is 11.6. The van der Waals surface area contributed by atoms with Gasteiger partial charge in [0.25, 0.3) is 0 Å². The standard InChI is InChI=1S/C16H16F2N2O/c1-11(16(21)20-14-5-3-2-4-6-14)19-10-12-7-8-13(17)9-15(12)18/h2-9,11,19H,10H2,1H3,(H,20,21). The molecule has 0 aliphatic heterocycles. The summed E-state index contributed by atoms with van der Waals surface area (Å²) in [7, 11) is 0. The Kier molecular flexibility index (Phi) is 5.00. The average Bonchev–Trinajstić information content (AvgIpc) is 2.47. The Hall–Kier alpha value is -2.27. The normalized spacial score (nSPS) is 12.0. The third-order valence-corrected chi connectivity index (χ3v) is 3.05. The van der Waals surface area contributed by atoms with Crippen molar-refractivity contribution in [2.45, 2.75) is 19.5 Å². The minimum absolute atomic E-state index is 0.148. The SMILES string of the molecule is CC(NCc1ccc(F)cc1F)C(=O)Nc1ccccc1. The first-order valence-electron chi connectivity index (χ1n) is 6.59. The van der Waals surface area contributed by atoms with E-state index < -0.39 is 17.7 Å². The van der Waals surface area contributed by atoms with E-state index in [0.717, 1.165) is 6.07 Å². The van der Waals surface area contributed by atoms with Gasteiger partial charge in [0, 0.05) is 23.9 Å². The van der Waals surface area contributed by atoms with Crippen LogP contribution in [0.25, 0.3) is 0 Å². The number of carbonyl (C=O) groups is 1. The Labute approximate surface area is 122 Å². The fourth-order valence-electron chi connectivity index (χ4n) is 1.79. The van der Waals surface area contributed by atoms with Crippen molar-refractivity contribution in [3.63, 3.8) is 0 Å². The van der Waals surface area contributed by atoms with E-state index in [1.165, 1.54) is 12.1 Å². The van der Waals surface area contributed by atoms with Crippen molar-refractivity contribution in [1.29, 1.82) is 0 Å². The molecule has 0 spiro atoms. The van der Waals surface area contributed by atoms with Gasteiger partial charge in [-0.2, -0.15) is 0 Å². The van der Waals surface area contributed by atoms with Gasteiger partial charge in [-0.3, -0.25) is 4.79 Å². The van der Waals surface area contributed by atoms with Gasteiger partial charge in [0.1, 0.15) is 11.6 Å². The van der Waals surface area contributed by atoms with Gasteiger partial charge in [-0.25, -0.2) is 8.78 Å². The lowest BCUT2D eigenvalue weighted by Gasteiger charge is -2.14. The Balaban J connectivity index is 1.89. The number of benzene rings is 2. The molecule has 2 aromatic rings. The molecule has 110 valence electrons. The number of amides is 1. The van der Waals surface area contributed by atoms with E-state index in [4.69, 9.17) is 0 Å². The summed E-state index contributed by atoms with van der Waals surface area (Å²) >= 11 is 0. The van der Waals surface area contributed by atoms with Gasteiger partial charge in [-0.05, 0) is 25.1 Å². The molecule has 1 amide bonds. The van der Waals surface area contributed by atoms with Gasteiger partial charge < -0.3 is 10.6 Å². The van der Waals surface area contributed by atoms with Crippen molar-refractivity contribution in [3.8, 4) is 0 Å². The highest BCUT2D eigenvalue weighted by Crippen LogP contribution is 2.10. The smallest absolute Gasteiger partial charge is 0.241 e. The number of nitrogens with one attached hydrogen (secondary N) is 2. The van der Waals surface area contributed by atoms with Crippen LogP contribution in [0.15, 0.2) is 48.5 Å². The monoisotopic (exact) mass is 290 g/mol. The molecule has 2 N–H and O–H groups in total. The molecule has 0 aromatic heterocycles. The highest BCUT2D eigenvalue weighted by molar-refractivity contribution is 5.94. The summed E-state index contributed by atoms with van der Waals surface area (Å²) in [5, 5.41) is 5.65. The number of hydrogen-bond acceptors (Lipinski definition) is 2. The van der Waals surface area contributed by atoms with Gasteiger partial charge in [-0.1, -0.05) is 24.3 Å². The number of halogens is 2. The fraction of sp³-hybridized carbons (Fsp3) is 0.188. The van der Waals surface area contributed by atoms with E-state index in [9.17, 15) is 13.6 Å². The van der Waals surface area contributed by atoms with Crippen molar-refractivity contribution < 1.29 is 13.6 Å². The highest BCUT2D eigenvalue weighted by atomic mass is 19.1. The zero-order valence-electron chi connectivity index (χ0n) is 11.6. The number of para-hydroxylation sites is 1. The van der Waals surface area contributed by atoms with Gasteiger partial charge in [0.15, 0.2) is 0 Å². The van der Waals surface area contributed by atoms with Crippen LogP contribution in [0.1, 0.15) is 12.5 Å². The number of anilines is 1. The lowest BCUT2D eigenvalue weighted by molar-refractivity contribution is -0.117. The fourth-order valence-corrected chi connectivity index (χ4v) is 1.79. The van der Waals surface area contributed by atoms with Crippen LogP contribution in [0, 0.1) is 11.6 Å². The molecule has 0 fully saturated rings. The molecule has 0 bridgehead atoms. The number of hydrogen-bond donors (Lipinski definition) is 2. The molecular weight excluding hydrogens is 274 g/mol. The first-order valence-corrected chi connectivity index (χ1v) is 6.59. The Bertz CT molecular complexity index is 617. The van der Waals surface area contributed by atoms with E-state index in [2.05, 4.69) is 10.6 Å². The maximum Gasteiger partial charge on any atom is 0.241 e. The Morgan fingerprint density at radius 3 is 2.52 bits per heavy atom. The van der Waals surface area contributed by atoms with Gasteiger partial charge in [-0.15, -0.1) is 0 Å². The molecule has 1 atom stereocenters. The summed E-state index contributed by atoms with van der Waals surface area (Å²) in [6.07, 6.45) is 0. The Morgan fingerprint density at radius 2 is 1.86 bits per heavy atom. The maximum absolute atomic E-state index is 13.5. The summed E-state index contributed by atoms with van der Waals surface area (Å²) in [6, 6.07) is 11.9. The maximum atomic E-state index is 13.5.